The second kappa shape index (κ2) is 6.89. The molecule has 4 N–H and O–H groups in total. The lowest BCUT2D eigenvalue weighted by Gasteiger charge is -2.16. The van der Waals surface area contributed by atoms with Crippen molar-refractivity contribution in [1.82, 2.24) is 19.5 Å². The van der Waals surface area contributed by atoms with Crippen LogP contribution in [0.4, 0.5) is 5.82 Å². The average molecular weight is 377 g/mol. The molecule has 0 saturated carbocycles. The number of aliphatic hydroxyl groups excluding tert-OH is 3. The summed E-state index contributed by atoms with van der Waals surface area (Å²) in [7, 11) is 0. The number of thiophene rings is 1. The summed E-state index contributed by atoms with van der Waals surface area (Å²) in [6.07, 6.45) is -1.21. The first kappa shape index (κ1) is 17.3. The Hall–Kier alpha value is -2.11. The predicted octanol–water partition coefficient (Wildman–Crippen LogP) is 0.420. The van der Waals surface area contributed by atoms with Gasteiger partial charge in [0.15, 0.2) is 23.2 Å². The quantitative estimate of drug-likeness (QED) is 0.504. The van der Waals surface area contributed by atoms with Crippen LogP contribution in [0.25, 0.3) is 11.2 Å². The van der Waals surface area contributed by atoms with Gasteiger partial charge in [-0.05, 0) is 19.1 Å². The van der Waals surface area contributed by atoms with Crippen LogP contribution in [0.15, 0.2) is 24.8 Å². The van der Waals surface area contributed by atoms with Gasteiger partial charge in [-0.2, -0.15) is 0 Å². The molecule has 1 unspecified atom stereocenters. The molecule has 4 heterocycles. The normalized spacial score (nSPS) is 25.8. The lowest BCUT2D eigenvalue weighted by molar-refractivity contribution is -0.0511. The molecule has 10 heteroatoms. The van der Waals surface area contributed by atoms with E-state index in [2.05, 4.69) is 39.3 Å². The SMILES string of the molecule is Cc1ccc(CNc2ncnc3c2ncn3[C@@H]2O[C@H](CO)[C@H](O)C2O)s1. The number of fused-ring (bicyclic) bond motifs is 1. The Morgan fingerprint density at radius 3 is 2.77 bits per heavy atom. The minimum Gasteiger partial charge on any atom is -0.394 e. The molecule has 138 valence electrons. The van der Waals surface area contributed by atoms with Crippen molar-refractivity contribution in [3.8, 4) is 0 Å². The molecule has 3 aromatic heterocycles. The van der Waals surface area contributed by atoms with E-state index < -0.39 is 24.5 Å². The van der Waals surface area contributed by atoms with Gasteiger partial charge in [-0.15, -0.1) is 11.3 Å². The predicted molar refractivity (Wildman–Crippen MR) is 94.7 cm³/mol. The van der Waals surface area contributed by atoms with Crippen molar-refractivity contribution in [2.75, 3.05) is 11.9 Å². The van der Waals surface area contributed by atoms with Crippen LogP contribution < -0.4 is 5.32 Å². The fourth-order valence-corrected chi connectivity index (χ4v) is 3.86. The lowest BCUT2D eigenvalue weighted by Crippen LogP contribution is -2.33. The Morgan fingerprint density at radius 2 is 2.08 bits per heavy atom. The maximum Gasteiger partial charge on any atom is 0.167 e. The molecule has 9 nitrogen and oxygen atoms in total. The first-order chi connectivity index (χ1) is 12.6. The van der Waals surface area contributed by atoms with Gasteiger partial charge in [-0.1, -0.05) is 0 Å². The van der Waals surface area contributed by atoms with E-state index >= 15 is 0 Å². The second-order valence-electron chi connectivity index (χ2n) is 6.14. The van der Waals surface area contributed by atoms with Crippen LogP contribution in [0, 0.1) is 6.92 Å². The largest absolute Gasteiger partial charge is 0.394 e. The lowest BCUT2D eigenvalue weighted by atomic mass is 10.1. The number of imidazole rings is 1. The molecule has 0 amide bonds. The molecule has 0 aromatic carbocycles. The third-order valence-electron chi connectivity index (χ3n) is 4.38. The maximum absolute atomic E-state index is 10.2. The van der Waals surface area contributed by atoms with Crippen LogP contribution >= 0.6 is 11.3 Å². The van der Waals surface area contributed by atoms with Crippen molar-refractivity contribution in [2.45, 2.75) is 38.0 Å². The van der Waals surface area contributed by atoms with E-state index in [1.807, 2.05) is 0 Å². The van der Waals surface area contributed by atoms with Gasteiger partial charge in [0.2, 0.25) is 0 Å². The molecular formula is C16H19N5O4S. The number of nitrogens with zero attached hydrogens (tertiary/aromatic N) is 4. The fraction of sp³-hybridized carbons (Fsp3) is 0.438. The van der Waals surface area contributed by atoms with Gasteiger partial charge in [0.25, 0.3) is 0 Å². The summed E-state index contributed by atoms with van der Waals surface area (Å²) in [5.74, 6) is 0.576. The fourth-order valence-electron chi connectivity index (χ4n) is 3.03. The molecule has 4 rings (SSSR count). The first-order valence-electron chi connectivity index (χ1n) is 8.17. The summed E-state index contributed by atoms with van der Waals surface area (Å²) in [4.78, 5) is 15.2. The van der Waals surface area contributed by atoms with Crippen LogP contribution in [-0.4, -0.2) is 59.8 Å². The molecule has 1 aliphatic rings. The molecule has 1 aliphatic heterocycles. The molecular weight excluding hydrogens is 358 g/mol. The van der Waals surface area contributed by atoms with E-state index in [4.69, 9.17) is 4.74 Å². The van der Waals surface area contributed by atoms with Gasteiger partial charge >= 0.3 is 0 Å². The van der Waals surface area contributed by atoms with E-state index in [-0.39, 0.29) is 6.61 Å². The summed E-state index contributed by atoms with van der Waals surface area (Å²) in [5, 5.41) is 32.7. The number of rotatable bonds is 5. The van der Waals surface area contributed by atoms with Gasteiger partial charge in [0.05, 0.1) is 19.5 Å². The van der Waals surface area contributed by atoms with Gasteiger partial charge in [0, 0.05) is 9.75 Å². The molecule has 0 spiro atoms. The Morgan fingerprint density at radius 1 is 1.23 bits per heavy atom. The summed E-state index contributed by atoms with van der Waals surface area (Å²) >= 11 is 1.71. The molecule has 0 aliphatic carbocycles. The molecule has 4 atom stereocenters. The highest BCUT2D eigenvalue weighted by Crippen LogP contribution is 2.32. The van der Waals surface area contributed by atoms with Crippen LogP contribution in [-0.2, 0) is 11.3 Å². The minimum absolute atomic E-state index is 0.386. The third kappa shape index (κ3) is 2.95. The van der Waals surface area contributed by atoms with Crippen molar-refractivity contribution < 1.29 is 20.1 Å². The van der Waals surface area contributed by atoms with Gasteiger partial charge in [-0.3, -0.25) is 4.57 Å². The highest BCUT2D eigenvalue weighted by molar-refractivity contribution is 7.11. The Labute approximate surface area is 152 Å². The van der Waals surface area contributed by atoms with Crippen molar-refractivity contribution in [3.05, 3.63) is 34.5 Å². The third-order valence-corrected chi connectivity index (χ3v) is 5.38. The molecule has 1 saturated heterocycles. The molecule has 3 aromatic rings. The van der Waals surface area contributed by atoms with Crippen LogP contribution in [0.3, 0.4) is 0 Å². The summed E-state index contributed by atoms with van der Waals surface area (Å²) < 4.78 is 7.10. The van der Waals surface area contributed by atoms with E-state index in [9.17, 15) is 15.3 Å². The van der Waals surface area contributed by atoms with Gasteiger partial charge in [0.1, 0.15) is 24.6 Å². The van der Waals surface area contributed by atoms with Crippen molar-refractivity contribution in [2.24, 2.45) is 0 Å². The second-order valence-corrected chi connectivity index (χ2v) is 7.51. The number of aromatic nitrogens is 4. The maximum atomic E-state index is 10.2. The number of hydrogen-bond acceptors (Lipinski definition) is 9. The standard InChI is InChI=1S/C16H19N5O4S/c1-8-2-3-9(26-8)4-17-14-11-15(19-6-18-14)21(7-20-11)16-13(24)12(23)10(5-22)25-16/h2-3,6-7,10,12-13,16,22-24H,4-5H2,1H3,(H,17,18,19)/t10-,12+,13?,16-/m1/s1. The average Bonchev–Trinajstić information content (AvgIpc) is 3.32. The Balaban J connectivity index is 1.61. The number of hydrogen-bond donors (Lipinski definition) is 4. The molecule has 0 radical (unpaired) electrons. The highest BCUT2D eigenvalue weighted by atomic mass is 32.1. The molecule has 26 heavy (non-hydrogen) atoms. The van der Waals surface area contributed by atoms with E-state index in [1.54, 1.807) is 15.9 Å². The number of nitrogens with one attached hydrogen (secondary N) is 1. The van der Waals surface area contributed by atoms with Crippen molar-refractivity contribution in [1.29, 1.82) is 0 Å². The smallest absolute Gasteiger partial charge is 0.167 e. The van der Waals surface area contributed by atoms with E-state index in [0.717, 1.165) is 0 Å². The van der Waals surface area contributed by atoms with Crippen molar-refractivity contribution in [3.63, 3.8) is 0 Å². The van der Waals surface area contributed by atoms with Crippen LogP contribution in [0.1, 0.15) is 16.0 Å². The van der Waals surface area contributed by atoms with Gasteiger partial charge < -0.3 is 25.4 Å². The zero-order chi connectivity index (χ0) is 18.3. The van der Waals surface area contributed by atoms with Crippen molar-refractivity contribution >= 4 is 28.3 Å². The molecule has 0 bridgehead atoms. The summed E-state index contributed by atoms with van der Waals surface area (Å²) in [6, 6.07) is 4.12. The highest BCUT2D eigenvalue weighted by Gasteiger charge is 2.44. The minimum atomic E-state index is -1.19. The number of aryl methyl sites for hydroxylation is 1. The first-order valence-corrected chi connectivity index (χ1v) is 8.99. The van der Waals surface area contributed by atoms with Crippen LogP contribution in [0.2, 0.25) is 0 Å². The molecule has 1 fully saturated rings. The Bertz CT molecular complexity index is 913. The number of ether oxygens (including phenoxy) is 1. The number of anilines is 1. The zero-order valence-electron chi connectivity index (χ0n) is 14.0. The van der Waals surface area contributed by atoms with E-state index in [0.29, 0.717) is 23.5 Å². The van der Waals surface area contributed by atoms with Crippen LogP contribution in [0.5, 0.6) is 0 Å². The summed E-state index contributed by atoms with van der Waals surface area (Å²) in [6.45, 7) is 2.29. The zero-order valence-corrected chi connectivity index (χ0v) is 14.8. The van der Waals surface area contributed by atoms with Gasteiger partial charge in [-0.25, -0.2) is 15.0 Å². The monoisotopic (exact) mass is 377 g/mol. The Kier molecular flexibility index (Phi) is 4.59. The topological polar surface area (TPSA) is 126 Å². The van der Waals surface area contributed by atoms with E-state index in [1.165, 1.54) is 22.4 Å². The summed E-state index contributed by atoms with van der Waals surface area (Å²) in [5.41, 5.74) is 1.01. The number of aliphatic hydroxyl groups is 3.